The highest BCUT2D eigenvalue weighted by Gasteiger charge is 2.27. The van der Waals surface area contributed by atoms with Crippen molar-refractivity contribution in [3.63, 3.8) is 0 Å². The van der Waals surface area contributed by atoms with Gasteiger partial charge in [-0.05, 0) is 12.1 Å². The van der Waals surface area contributed by atoms with Crippen molar-refractivity contribution in [2.45, 2.75) is 0 Å². The average Bonchev–Trinajstić information content (AvgIpc) is 2.46. The van der Waals surface area contributed by atoms with E-state index in [1.54, 1.807) is 23.1 Å². The number of nitrogens with zero attached hydrogens (tertiary/aromatic N) is 2. The zero-order chi connectivity index (χ0) is 17.1. The smallest absolute Gasteiger partial charge is 0.215 e. The van der Waals surface area contributed by atoms with Gasteiger partial charge in [-0.3, -0.25) is 0 Å². The molecule has 0 unspecified atom stereocenters. The maximum Gasteiger partial charge on any atom is 0.215 e. The van der Waals surface area contributed by atoms with Gasteiger partial charge in [-0.1, -0.05) is 12.1 Å². The maximum absolute atomic E-state index is 13.7. The van der Waals surface area contributed by atoms with E-state index in [0.717, 1.165) is 6.26 Å². The van der Waals surface area contributed by atoms with Crippen LogP contribution in [-0.2, 0) is 20.0 Å². The van der Waals surface area contributed by atoms with Crippen molar-refractivity contribution in [3.8, 4) is 0 Å². The predicted molar refractivity (Wildman–Crippen MR) is 86.8 cm³/mol. The third kappa shape index (κ3) is 5.13. The summed E-state index contributed by atoms with van der Waals surface area (Å²) in [6.07, 6.45) is 0.979. The van der Waals surface area contributed by atoms with Gasteiger partial charge in [-0.2, -0.15) is 4.31 Å². The molecule has 0 atom stereocenters. The van der Waals surface area contributed by atoms with Crippen molar-refractivity contribution >= 4 is 25.7 Å². The highest BCUT2D eigenvalue weighted by atomic mass is 32.2. The van der Waals surface area contributed by atoms with Gasteiger partial charge in [0, 0.05) is 32.7 Å². The summed E-state index contributed by atoms with van der Waals surface area (Å²) >= 11 is 0. The van der Waals surface area contributed by atoms with E-state index >= 15 is 0 Å². The molecule has 7 nitrogen and oxygen atoms in total. The van der Waals surface area contributed by atoms with Gasteiger partial charge in [0.25, 0.3) is 0 Å². The molecule has 1 heterocycles. The molecule has 0 spiro atoms. The van der Waals surface area contributed by atoms with Crippen LogP contribution in [0.15, 0.2) is 24.3 Å². The second kappa shape index (κ2) is 7.12. The van der Waals surface area contributed by atoms with Crippen LogP contribution in [0.5, 0.6) is 0 Å². The van der Waals surface area contributed by atoms with E-state index in [1.807, 2.05) is 0 Å². The lowest BCUT2D eigenvalue weighted by Gasteiger charge is -2.35. The molecule has 0 radical (unpaired) electrons. The van der Waals surface area contributed by atoms with E-state index in [0.29, 0.717) is 18.8 Å². The Morgan fingerprint density at radius 2 is 1.70 bits per heavy atom. The molecule has 1 aromatic rings. The maximum atomic E-state index is 13.7. The van der Waals surface area contributed by atoms with Crippen LogP contribution in [0.1, 0.15) is 0 Å². The lowest BCUT2D eigenvalue weighted by molar-refractivity contribution is 0.383. The Kier molecular flexibility index (Phi) is 5.61. The van der Waals surface area contributed by atoms with Crippen LogP contribution < -0.4 is 9.62 Å². The third-order valence-electron chi connectivity index (χ3n) is 3.55. The van der Waals surface area contributed by atoms with Gasteiger partial charge in [-0.25, -0.2) is 25.9 Å². The van der Waals surface area contributed by atoms with Crippen molar-refractivity contribution in [1.29, 1.82) is 0 Å². The summed E-state index contributed by atoms with van der Waals surface area (Å²) in [6, 6.07) is 6.37. The molecule has 130 valence electrons. The normalized spacial score (nSPS) is 17.4. The molecular formula is C13H20FN3O4S2. The number of halogens is 1. The predicted octanol–water partition coefficient (Wildman–Crippen LogP) is -0.173. The fourth-order valence-corrected chi connectivity index (χ4v) is 4.34. The summed E-state index contributed by atoms with van der Waals surface area (Å²) in [7, 11) is -6.95. The molecule has 1 saturated heterocycles. The Hall–Kier alpha value is -1.23. The van der Waals surface area contributed by atoms with E-state index in [9.17, 15) is 21.2 Å². The standard InChI is InChI=1S/C13H20FN3O4S2/c1-22(18,19)15-6-11-23(20,21)17-9-7-16(8-10-17)13-5-3-2-4-12(13)14/h2-5,15H,6-11H2,1H3. The number of para-hydroxylation sites is 1. The molecule has 23 heavy (non-hydrogen) atoms. The van der Waals surface area contributed by atoms with Gasteiger partial charge in [0.15, 0.2) is 0 Å². The Morgan fingerprint density at radius 1 is 1.09 bits per heavy atom. The SMILES string of the molecule is CS(=O)(=O)NCCS(=O)(=O)N1CCN(c2ccccc2F)CC1. The zero-order valence-electron chi connectivity index (χ0n) is 12.8. The van der Waals surface area contributed by atoms with E-state index in [-0.39, 0.29) is 31.2 Å². The minimum Gasteiger partial charge on any atom is -0.367 e. The lowest BCUT2D eigenvalue weighted by atomic mass is 10.2. The average molecular weight is 365 g/mol. The molecule has 10 heteroatoms. The number of nitrogens with one attached hydrogen (secondary N) is 1. The number of hydrogen-bond acceptors (Lipinski definition) is 5. The molecule has 1 aromatic carbocycles. The number of benzene rings is 1. The molecule has 0 aromatic heterocycles. The summed E-state index contributed by atoms with van der Waals surface area (Å²) in [5.41, 5.74) is 0.461. The first-order chi connectivity index (χ1) is 10.7. The van der Waals surface area contributed by atoms with Gasteiger partial charge >= 0.3 is 0 Å². The molecule has 1 aliphatic heterocycles. The van der Waals surface area contributed by atoms with Gasteiger partial charge in [0.05, 0.1) is 17.7 Å². The van der Waals surface area contributed by atoms with Crippen molar-refractivity contribution in [3.05, 3.63) is 30.1 Å². The number of sulfonamides is 2. The van der Waals surface area contributed by atoms with E-state index in [2.05, 4.69) is 4.72 Å². The van der Waals surface area contributed by atoms with E-state index in [4.69, 9.17) is 0 Å². The first kappa shape index (κ1) is 18.1. The number of rotatable bonds is 6. The molecular weight excluding hydrogens is 345 g/mol. The lowest BCUT2D eigenvalue weighted by Crippen LogP contribution is -2.50. The molecule has 1 aliphatic rings. The topological polar surface area (TPSA) is 86.8 Å². The quantitative estimate of drug-likeness (QED) is 0.756. The van der Waals surface area contributed by atoms with E-state index < -0.39 is 20.0 Å². The zero-order valence-corrected chi connectivity index (χ0v) is 14.4. The van der Waals surface area contributed by atoms with Gasteiger partial charge in [0.1, 0.15) is 5.82 Å². The highest BCUT2D eigenvalue weighted by Crippen LogP contribution is 2.20. The third-order valence-corrected chi connectivity index (χ3v) is 6.15. The van der Waals surface area contributed by atoms with Crippen molar-refractivity contribution < 1.29 is 21.2 Å². The Bertz CT molecular complexity index is 744. The highest BCUT2D eigenvalue weighted by molar-refractivity contribution is 7.89. The molecule has 2 rings (SSSR count). The number of piperazine rings is 1. The van der Waals surface area contributed by atoms with Crippen LogP contribution in [-0.4, -0.2) is 65.9 Å². The molecule has 0 amide bonds. The van der Waals surface area contributed by atoms with Gasteiger partial charge < -0.3 is 4.90 Å². The summed E-state index contributed by atoms with van der Waals surface area (Å²) in [6.45, 7) is 1.11. The van der Waals surface area contributed by atoms with Crippen LogP contribution in [0.4, 0.5) is 10.1 Å². The second-order valence-electron chi connectivity index (χ2n) is 5.32. The minimum atomic E-state index is -3.54. The summed E-state index contributed by atoms with van der Waals surface area (Å²) < 4.78 is 63.5. The summed E-state index contributed by atoms with van der Waals surface area (Å²) in [5, 5.41) is 0. The molecule has 1 fully saturated rings. The van der Waals surface area contributed by atoms with Gasteiger partial charge in [0.2, 0.25) is 20.0 Å². The largest absolute Gasteiger partial charge is 0.367 e. The van der Waals surface area contributed by atoms with Gasteiger partial charge in [-0.15, -0.1) is 0 Å². The summed E-state index contributed by atoms with van der Waals surface area (Å²) in [5.74, 6) is -0.624. The monoisotopic (exact) mass is 365 g/mol. The minimum absolute atomic E-state index is 0.158. The van der Waals surface area contributed by atoms with Crippen LogP contribution in [0, 0.1) is 5.82 Å². The van der Waals surface area contributed by atoms with Crippen molar-refractivity contribution in [1.82, 2.24) is 9.03 Å². The Morgan fingerprint density at radius 3 is 2.26 bits per heavy atom. The van der Waals surface area contributed by atoms with Crippen LogP contribution in [0.25, 0.3) is 0 Å². The molecule has 0 saturated carbocycles. The van der Waals surface area contributed by atoms with Crippen molar-refractivity contribution in [2.75, 3.05) is 49.6 Å². The Labute approximate surface area is 136 Å². The first-order valence-corrected chi connectivity index (χ1v) is 10.6. The molecule has 0 bridgehead atoms. The fraction of sp³-hybridized carbons (Fsp3) is 0.538. The fourth-order valence-electron chi connectivity index (χ4n) is 2.40. The number of hydrogen-bond donors (Lipinski definition) is 1. The summed E-state index contributed by atoms with van der Waals surface area (Å²) in [4.78, 5) is 1.80. The van der Waals surface area contributed by atoms with Crippen molar-refractivity contribution in [2.24, 2.45) is 0 Å². The second-order valence-corrected chi connectivity index (χ2v) is 9.24. The van der Waals surface area contributed by atoms with E-state index in [1.165, 1.54) is 10.4 Å². The van der Waals surface area contributed by atoms with Crippen LogP contribution >= 0.6 is 0 Å². The number of anilines is 1. The van der Waals surface area contributed by atoms with Crippen LogP contribution in [0.3, 0.4) is 0 Å². The molecule has 0 aliphatic carbocycles. The van der Waals surface area contributed by atoms with Crippen LogP contribution in [0.2, 0.25) is 0 Å². The Balaban J connectivity index is 1.92. The first-order valence-electron chi connectivity index (χ1n) is 7.11. The molecule has 1 N–H and O–H groups in total.